The smallest absolute Gasteiger partial charge is 0.254 e. The van der Waals surface area contributed by atoms with Gasteiger partial charge in [0.05, 0.1) is 0 Å². The van der Waals surface area contributed by atoms with Crippen LogP contribution in [0.1, 0.15) is 25.1 Å². The van der Waals surface area contributed by atoms with Crippen LogP contribution >= 0.6 is 0 Å². The van der Waals surface area contributed by atoms with Crippen molar-refractivity contribution in [2.24, 2.45) is 0 Å². The van der Waals surface area contributed by atoms with E-state index in [0.29, 0.717) is 17.6 Å². The Morgan fingerprint density at radius 3 is 2.57 bits per heavy atom. The summed E-state index contributed by atoms with van der Waals surface area (Å²) in [4.78, 5) is 9.04. The van der Waals surface area contributed by atoms with Gasteiger partial charge in [-0.25, -0.2) is 4.98 Å². The summed E-state index contributed by atoms with van der Waals surface area (Å²) in [6.07, 6.45) is 0. The monoisotopic (exact) mass is 281 g/mol. The largest absolute Gasteiger partial charge is 0.368 e. The van der Waals surface area contributed by atoms with E-state index in [2.05, 4.69) is 47.2 Å². The molecule has 0 aliphatic heterocycles. The summed E-state index contributed by atoms with van der Waals surface area (Å²) >= 11 is 0. The molecule has 3 rings (SSSR count). The average Bonchev–Trinajstić information content (AvgIpc) is 2.82. The first kappa shape index (κ1) is 13.5. The molecular weight excluding hydrogens is 262 g/mol. The molecule has 3 aromatic rings. The number of benzene rings is 1. The lowest BCUT2D eigenvalue weighted by molar-refractivity contribution is 0.848. The van der Waals surface area contributed by atoms with Crippen LogP contribution < -0.4 is 5.32 Å². The Labute approximate surface area is 124 Å². The average molecular weight is 281 g/mol. The first-order valence-corrected chi connectivity index (χ1v) is 7.11. The molecule has 0 spiro atoms. The van der Waals surface area contributed by atoms with E-state index in [1.807, 2.05) is 31.2 Å². The van der Waals surface area contributed by atoms with E-state index < -0.39 is 0 Å². The molecule has 0 radical (unpaired) electrons. The highest BCUT2D eigenvalue weighted by atomic mass is 15.4. The maximum absolute atomic E-state index is 4.62. The molecule has 0 unspecified atom stereocenters. The molecule has 21 heavy (non-hydrogen) atoms. The van der Waals surface area contributed by atoms with Crippen molar-refractivity contribution >= 4 is 11.6 Å². The van der Waals surface area contributed by atoms with Crippen molar-refractivity contribution in [3.63, 3.8) is 0 Å². The van der Waals surface area contributed by atoms with Crippen LogP contribution in [0, 0.1) is 13.8 Å². The number of aryl methyl sites for hydroxylation is 2. The number of nitrogens with zero attached hydrogens (tertiary/aromatic N) is 4. The van der Waals surface area contributed by atoms with Gasteiger partial charge in [0.15, 0.2) is 5.82 Å². The van der Waals surface area contributed by atoms with E-state index >= 15 is 0 Å². The van der Waals surface area contributed by atoms with Crippen molar-refractivity contribution in [1.29, 1.82) is 0 Å². The highest BCUT2D eigenvalue weighted by Crippen LogP contribution is 2.21. The van der Waals surface area contributed by atoms with Gasteiger partial charge >= 0.3 is 0 Å². The Bertz CT molecular complexity index is 788. The van der Waals surface area contributed by atoms with Crippen LogP contribution in [0.4, 0.5) is 5.82 Å². The predicted octanol–water partition coefficient (Wildman–Crippen LogP) is 3.23. The molecule has 0 bridgehead atoms. The van der Waals surface area contributed by atoms with Gasteiger partial charge in [-0.2, -0.15) is 9.50 Å². The molecule has 5 nitrogen and oxygen atoms in total. The van der Waals surface area contributed by atoms with Crippen LogP contribution in [0.15, 0.2) is 30.3 Å². The van der Waals surface area contributed by atoms with E-state index in [4.69, 9.17) is 0 Å². The fourth-order valence-electron chi connectivity index (χ4n) is 2.32. The van der Waals surface area contributed by atoms with Gasteiger partial charge in [0, 0.05) is 23.4 Å². The molecule has 0 amide bonds. The third kappa shape index (κ3) is 2.59. The van der Waals surface area contributed by atoms with Gasteiger partial charge in [-0.3, -0.25) is 0 Å². The molecule has 2 aromatic heterocycles. The number of hydrogen-bond acceptors (Lipinski definition) is 4. The zero-order chi connectivity index (χ0) is 15.0. The minimum absolute atomic E-state index is 0.320. The summed E-state index contributed by atoms with van der Waals surface area (Å²) in [5.74, 6) is 2.24. The topological polar surface area (TPSA) is 55.1 Å². The van der Waals surface area contributed by atoms with Gasteiger partial charge in [-0.1, -0.05) is 24.3 Å². The van der Waals surface area contributed by atoms with E-state index in [1.165, 1.54) is 0 Å². The summed E-state index contributed by atoms with van der Waals surface area (Å²) in [7, 11) is 0. The van der Waals surface area contributed by atoms with Gasteiger partial charge in [-0.05, 0) is 33.3 Å². The van der Waals surface area contributed by atoms with Gasteiger partial charge in [0.2, 0.25) is 0 Å². The zero-order valence-electron chi connectivity index (χ0n) is 12.8. The Morgan fingerprint density at radius 1 is 1.10 bits per heavy atom. The third-order valence-corrected chi connectivity index (χ3v) is 3.26. The number of aromatic nitrogens is 4. The zero-order valence-corrected chi connectivity index (χ0v) is 12.8. The van der Waals surface area contributed by atoms with Crippen molar-refractivity contribution in [2.45, 2.75) is 33.7 Å². The van der Waals surface area contributed by atoms with E-state index in [9.17, 15) is 0 Å². The minimum Gasteiger partial charge on any atom is -0.368 e. The maximum Gasteiger partial charge on any atom is 0.254 e. The first-order chi connectivity index (χ1) is 10.0. The lowest BCUT2D eigenvalue weighted by atomic mass is 10.1. The number of rotatable bonds is 3. The summed E-state index contributed by atoms with van der Waals surface area (Å²) in [5, 5.41) is 8.01. The Balaban J connectivity index is 2.18. The van der Waals surface area contributed by atoms with Crippen molar-refractivity contribution < 1.29 is 0 Å². The minimum atomic E-state index is 0.320. The van der Waals surface area contributed by atoms with Crippen LogP contribution in [0.25, 0.3) is 17.2 Å². The highest BCUT2D eigenvalue weighted by Gasteiger charge is 2.13. The molecule has 5 heteroatoms. The number of anilines is 1. The fraction of sp³-hybridized carbons (Fsp3) is 0.312. The highest BCUT2D eigenvalue weighted by molar-refractivity contribution is 5.62. The molecule has 0 saturated carbocycles. The van der Waals surface area contributed by atoms with Crippen LogP contribution in [-0.2, 0) is 0 Å². The third-order valence-electron chi connectivity index (χ3n) is 3.26. The van der Waals surface area contributed by atoms with E-state index in [-0.39, 0.29) is 0 Å². The first-order valence-electron chi connectivity index (χ1n) is 7.11. The lowest BCUT2D eigenvalue weighted by Gasteiger charge is -2.11. The lowest BCUT2D eigenvalue weighted by Crippen LogP contribution is -2.14. The van der Waals surface area contributed by atoms with Crippen LogP contribution in [0.5, 0.6) is 0 Å². The molecular formula is C16H19N5. The number of fused-ring (bicyclic) bond motifs is 1. The molecule has 0 fully saturated rings. The SMILES string of the molecule is Cc1cc(NC(C)C)n2nc(-c3ccccc3C)nc2n1. The standard InChI is InChI=1S/C16H19N5/c1-10(2)17-14-9-12(4)18-16-19-15(20-21(14)16)13-8-6-5-7-11(13)3/h5-10,17H,1-4H3. The summed E-state index contributed by atoms with van der Waals surface area (Å²) < 4.78 is 1.77. The molecule has 1 N–H and O–H groups in total. The van der Waals surface area contributed by atoms with Crippen molar-refractivity contribution in [1.82, 2.24) is 19.6 Å². The van der Waals surface area contributed by atoms with Gasteiger partial charge in [-0.15, -0.1) is 5.10 Å². The molecule has 0 aliphatic carbocycles. The second-order valence-electron chi connectivity index (χ2n) is 5.54. The van der Waals surface area contributed by atoms with Crippen LogP contribution in [-0.4, -0.2) is 25.6 Å². The Kier molecular flexibility index (Phi) is 3.33. The van der Waals surface area contributed by atoms with Crippen molar-refractivity contribution in [3.8, 4) is 11.4 Å². The van der Waals surface area contributed by atoms with E-state index in [1.54, 1.807) is 4.52 Å². The van der Waals surface area contributed by atoms with Crippen molar-refractivity contribution in [3.05, 3.63) is 41.6 Å². The predicted molar refractivity (Wildman–Crippen MR) is 84.5 cm³/mol. The summed E-state index contributed by atoms with van der Waals surface area (Å²) in [6.45, 7) is 8.22. The van der Waals surface area contributed by atoms with Gasteiger partial charge < -0.3 is 5.32 Å². The Morgan fingerprint density at radius 2 is 1.86 bits per heavy atom. The molecule has 0 atom stereocenters. The van der Waals surface area contributed by atoms with Gasteiger partial charge in [0.25, 0.3) is 5.78 Å². The number of nitrogens with one attached hydrogen (secondary N) is 1. The number of hydrogen-bond donors (Lipinski definition) is 1. The van der Waals surface area contributed by atoms with Gasteiger partial charge in [0.1, 0.15) is 5.82 Å². The molecule has 0 saturated heterocycles. The molecule has 1 aromatic carbocycles. The van der Waals surface area contributed by atoms with Crippen LogP contribution in [0.2, 0.25) is 0 Å². The summed E-state index contributed by atoms with van der Waals surface area (Å²) in [5.41, 5.74) is 3.12. The molecule has 2 heterocycles. The normalized spacial score (nSPS) is 11.3. The van der Waals surface area contributed by atoms with Crippen molar-refractivity contribution in [2.75, 3.05) is 5.32 Å². The maximum atomic E-state index is 4.62. The molecule has 0 aliphatic rings. The second kappa shape index (κ2) is 5.16. The summed E-state index contributed by atoms with van der Waals surface area (Å²) in [6, 6.07) is 10.4. The Hall–Kier alpha value is -2.43. The quantitative estimate of drug-likeness (QED) is 0.801. The van der Waals surface area contributed by atoms with E-state index in [0.717, 1.165) is 22.6 Å². The molecule has 108 valence electrons. The fourth-order valence-corrected chi connectivity index (χ4v) is 2.32. The van der Waals surface area contributed by atoms with Crippen LogP contribution in [0.3, 0.4) is 0 Å². The second-order valence-corrected chi connectivity index (χ2v) is 5.54.